The van der Waals surface area contributed by atoms with Gasteiger partial charge in [-0.3, -0.25) is 9.59 Å². The lowest BCUT2D eigenvalue weighted by atomic mass is 10.5. The minimum atomic E-state index is -0.928. The molecule has 4 N–H and O–H groups in total. The van der Waals surface area contributed by atoms with Crippen molar-refractivity contribution in [2.45, 2.75) is 0 Å². The van der Waals surface area contributed by atoms with Crippen LogP contribution in [0.25, 0.3) is 5.53 Å². The molecule has 0 heterocycles. The molecule has 0 aliphatic heterocycles. The van der Waals surface area contributed by atoms with Gasteiger partial charge in [0.05, 0.1) is 6.54 Å². The summed E-state index contributed by atoms with van der Waals surface area (Å²) in [4.78, 5) is 23.5. The van der Waals surface area contributed by atoms with E-state index in [9.17, 15) is 9.59 Å². The molecule has 0 bridgehead atoms. The van der Waals surface area contributed by atoms with E-state index in [2.05, 4.69) is 4.79 Å². The molecule has 60 valence electrons. The van der Waals surface area contributed by atoms with E-state index in [0.29, 0.717) is 6.21 Å². The van der Waals surface area contributed by atoms with Crippen molar-refractivity contribution in [2.24, 2.45) is 11.6 Å². The van der Waals surface area contributed by atoms with Crippen molar-refractivity contribution in [1.82, 2.24) is 5.01 Å². The highest BCUT2D eigenvalue weighted by Crippen LogP contribution is 1.76. The molecule has 0 atom stereocenters. The number of nitrogens with two attached hydrogens (primary N) is 2. The van der Waals surface area contributed by atoms with Crippen LogP contribution in [0, 0.1) is 0 Å². The van der Waals surface area contributed by atoms with Crippen molar-refractivity contribution in [3.63, 3.8) is 0 Å². The lowest BCUT2D eigenvalue weighted by molar-refractivity contribution is -0.141. The Morgan fingerprint density at radius 3 is 2.55 bits per heavy atom. The van der Waals surface area contributed by atoms with Gasteiger partial charge < -0.3 is 11.3 Å². The number of imide groups is 1. The fourth-order valence-corrected chi connectivity index (χ4v) is 0.333. The van der Waals surface area contributed by atoms with Gasteiger partial charge in [-0.2, -0.15) is 4.79 Å². The zero-order valence-electron chi connectivity index (χ0n) is 5.60. The van der Waals surface area contributed by atoms with Crippen molar-refractivity contribution < 1.29 is 14.4 Å². The summed E-state index contributed by atoms with van der Waals surface area (Å²) in [7, 11) is 0. The third-order valence-electron chi connectivity index (χ3n) is 0.849. The Morgan fingerprint density at radius 1 is 1.64 bits per heavy atom. The van der Waals surface area contributed by atoms with E-state index in [0.717, 1.165) is 0 Å². The summed E-state index contributed by atoms with van der Waals surface area (Å²) in [6.45, 7) is -0.374. The van der Waals surface area contributed by atoms with Gasteiger partial charge in [-0.15, -0.1) is 0 Å². The largest absolute Gasteiger partial charge is 0.361 e. The first-order valence-corrected chi connectivity index (χ1v) is 2.62. The topological polar surface area (TPSA) is 126 Å². The predicted octanol–water partition coefficient (Wildman–Crippen LogP) is -2.53. The Balaban J connectivity index is 4.24. The number of rotatable bonds is 2. The number of hydrogen-bond donors (Lipinski definition) is 2. The summed E-state index contributed by atoms with van der Waals surface area (Å²) in [5.41, 5.74) is 12.7. The Morgan fingerprint density at radius 2 is 2.18 bits per heavy atom. The maximum absolute atomic E-state index is 10.6. The molecule has 0 aliphatic rings. The molecular weight excluding hydrogens is 150 g/mol. The van der Waals surface area contributed by atoms with E-state index in [1.165, 1.54) is 0 Å². The molecule has 7 heteroatoms. The van der Waals surface area contributed by atoms with Crippen LogP contribution in [0.5, 0.6) is 0 Å². The second-order valence-electron chi connectivity index (χ2n) is 1.55. The normalized spacial score (nSPS) is 8.18. The first kappa shape index (κ1) is 9.44. The summed E-state index contributed by atoms with van der Waals surface area (Å²) < 4.78 is 0. The van der Waals surface area contributed by atoms with Gasteiger partial charge in [0.2, 0.25) is 0 Å². The quantitative estimate of drug-likeness (QED) is 0.114. The minimum absolute atomic E-state index is 0.264. The van der Waals surface area contributed by atoms with Gasteiger partial charge in [0.1, 0.15) is 0 Å². The van der Waals surface area contributed by atoms with E-state index < -0.39 is 11.8 Å². The van der Waals surface area contributed by atoms with Gasteiger partial charge in [0.25, 0.3) is 5.91 Å². The third kappa shape index (κ3) is 2.67. The lowest BCUT2D eigenvalue weighted by Gasteiger charge is -2.06. The average Bonchev–Trinajstić information content (AvgIpc) is 2.02. The zero-order valence-corrected chi connectivity index (χ0v) is 5.60. The van der Waals surface area contributed by atoms with Gasteiger partial charge in [-0.1, -0.05) is 0 Å². The second-order valence-corrected chi connectivity index (χ2v) is 1.55. The fraction of sp³-hybridized carbons (Fsp3) is 0.250. The number of carbonyl (C=O) groups excluding carboxylic acids is 2. The molecule has 0 radical (unpaired) electrons. The van der Waals surface area contributed by atoms with Crippen LogP contribution < -0.4 is 11.6 Å². The highest BCUT2D eigenvalue weighted by Gasteiger charge is 2.16. The molecule has 0 saturated carbocycles. The number of hydrogen-bond acceptors (Lipinski definition) is 4. The molecule has 0 aromatic rings. The molecule has 0 aliphatic carbocycles. The van der Waals surface area contributed by atoms with Gasteiger partial charge in [0.15, 0.2) is 0 Å². The zero-order chi connectivity index (χ0) is 8.85. The molecule has 0 unspecified atom stereocenters. The predicted molar refractivity (Wildman–Crippen MR) is 34.8 cm³/mol. The average molecular weight is 157 g/mol. The van der Waals surface area contributed by atoms with Crippen molar-refractivity contribution in [1.29, 1.82) is 0 Å². The first-order valence-electron chi connectivity index (χ1n) is 2.62. The Hall–Kier alpha value is -1.56. The Labute approximate surface area is 62.1 Å². The smallest absolute Gasteiger partial charge is 0.349 e. The molecule has 0 aromatic carbocycles. The highest BCUT2D eigenvalue weighted by atomic mass is 16.2. The Kier molecular flexibility index (Phi) is 3.68. The maximum Gasteiger partial charge on any atom is 0.349 e. The SMILES string of the molecule is [N-]=[N+]=CC(=O)N(N)C(=O)CN. The van der Waals surface area contributed by atoms with Crippen LogP contribution in [0.4, 0.5) is 0 Å². The minimum Gasteiger partial charge on any atom is -0.361 e. The summed E-state index contributed by atoms with van der Waals surface area (Å²) in [5, 5.41) is 0.264. The first-order chi connectivity index (χ1) is 5.13. The molecule has 0 saturated heterocycles. The molecular formula is C4H7N5O2. The standard InChI is InChI=1S/C4H7N5O2/c5-1-3(10)9(7)4(11)2-8-6/h2H,1,5,7H2. The van der Waals surface area contributed by atoms with Crippen molar-refractivity contribution in [3.05, 3.63) is 5.53 Å². The van der Waals surface area contributed by atoms with Crippen LogP contribution in [0.15, 0.2) is 0 Å². The van der Waals surface area contributed by atoms with Gasteiger partial charge in [-0.25, -0.2) is 10.9 Å². The van der Waals surface area contributed by atoms with E-state index in [1.807, 2.05) is 0 Å². The third-order valence-corrected chi connectivity index (χ3v) is 0.849. The van der Waals surface area contributed by atoms with Crippen molar-refractivity contribution in [3.8, 4) is 0 Å². The van der Waals surface area contributed by atoms with E-state index in [-0.39, 0.29) is 11.6 Å². The van der Waals surface area contributed by atoms with Crippen molar-refractivity contribution >= 4 is 18.0 Å². The second kappa shape index (κ2) is 4.29. The molecule has 0 spiro atoms. The van der Waals surface area contributed by atoms with Gasteiger partial charge >= 0.3 is 12.1 Å². The van der Waals surface area contributed by atoms with Crippen LogP contribution >= 0.6 is 0 Å². The molecule has 2 amide bonds. The van der Waals surface area contributed by atoms with Crippen LogP contribution in [0.1, 0.15) is 0 Å². The van der Waals surface area contributed by atoms with Crippen LogP contribution in [0.2, 0.25) is 0 Å². The summed E-state index contributed by atoms with van der Waals surface area (Å²) in [6, 6.07) is 0. The van der Waals surface area contributed by atoms with E-state index in [1.54, 1.807) is 0 Å². The molecule has 0 aromatic heterocycles. The summed E-state index contributed by atoms with van der Waals surface area (Å²) in [6.07, 6.45) is 0.494. The lowest BCUT2D eigenvalue weighted by Crippen LogP contribution is -2.46. The van der Waals surface area contributed by atoms with E-state index >= 15 is 0 Å². The van der Waals surface area contributed by atoms with Crippen LogP contribution in [-0.4, -0.2) is 34.4 Å². The highest BCUT2D eigenvalue weighted by molar-refractivity contribution is 6.27. The maximum atomic E-state index is 10.6. The number of nitrogens with zero attached hydrogens (tertiary/aromatic N) is 3. The van der Waals surface area contributed by atoms with E-state index in [4.69, 9.17) is 17.1 Å². The summed E-state index contributed by atoms with van der Waals surface area (Å²) in [5.74, 6) is 3.23. The van der Waals surface area contributed by atoms with Crippen LogP contribution in [0.3, 0.4) is 0 Å². The Bertz CT molecular complexity index is 219. The fourth-order valence-electron chi connectivity index (χ4n) is 0.333. The number of carbonyl (C=O) groups is 2. The molecule has 7 nitrogen and oxygen atoms in total. The van der Waals surface area contributed by atoms with Crippen molar-refractivity contribution in [2.75, 3.05) is 6.54 Å². The molecule has 0 fully saturated rings. The molecule has 11 heavy (non-hydrogen) atoms. The van der Waals surface area contributed by atoms with Crippen LogP contribution in [-0.2, 0) is 9.59 Å². The van der Waals surface area contributed by atoms with Gasteiger partial charge in [0, 0.05) is 0 Å². The number of amides is 2. The molecule has 0 rings (SSSR count). The monoisotopic (exact) mass is 157 g/mol. The van der Waals surface area contributed by atoms with Gasteiger partial charge in [-0.05, 0) is 0 Å². The number of hydrazine groups is 1. The summed E-state index contributed by atoms with van der Waals surface area (Å²) >= 11 is 0.